The molecule has 0 radical (unpaired) electrons. The molecule has 2 unspecified atom stereocenters. The number of hydrogen-bond donors (Lipinski definition) is 1. The number of Topliss-reactive ketones (excluding diaryl/α,β-unsaturated/α-hetero) is 1. The molecule has 158 valence electrons. The first-order valence-electron chi connectivity index (χ1n) is 11.6. The third-order valence-electron chi connectivity index (χ3n) is 9.73. The fraction of sp³-hybridized carbons (Fsp3) is 0.917. The van der Waals surface area contributed by atoms with Crippen LogP contribution in [0.1, 0.15) is 79.1 Å². The molecule has 9 atom stereocenters. The highest BCUT2D eigenvalue weighted by atomic mass is 16.5. The van der Waals surface area contributed by atoms with Gasteiger partial charge in [-0.3, -0.25) is 9.59 Å². The van der Waals surface area contributed by atoms with E-state index in [-0.39, 0.29) is 23.4 Å². The van der Waals surface area contributed by atoms with Gasteiger partial charge in [0.25, 0.3) is 0 Å². The number of carbonyl (C=O) groups excluding carboxylic acids is 2. The first-order chi connectivity index (χ1) is 13.2. The predicted molar refractivity (Wildman–Crippen MR) is 109 cm³/mol. The van der Waals surface area contributed by atoms with Crippen LogP contribution in [0.5, 0.6) is 0 Å². The van der Waals surface area contributed by atoms with Crippen LogP contribution in [-0.2, 0) is 14.3 Å². The molecule has 28 heavy (non-hydrogen) atoms. The van der Waals surface area contributed by atoms with Gasteiger partial charge in [0.15, 0.2) is 0 Å². The molecule has 4 rings (SSSR count). The zero-order valence-corrected chi connectivity index (χ0v) is 18.2. The van der Waals surface area contributed by atoms with Crippen molar-refractivity contribution >= 4 is 11.8 Å². The first kappa shape index (κ1) is 20.4. The van der Waals surface area contributed by atoms with Crippen molar-refractivity contribution in [1.29, 1.82) is 0 Å². The predicted octanol–water partition coefficient (Wildman–Crippen LogP) is 4.35. The average molecular weight is 390 g/mol. The fourth-order valence-electron chi connectivity index (χ4n) is 7.95. The summed E-state index contributed by atoms with van der Waals surface area (Å²) in [4.78, 5) is 24.9. The van der Waals surface area contributed by atoms with Crippen LogP contribution in [0.25, 0.3) is 0 Å². The van der Waals surface area contributed by atoms with Crippen LogP contribution in [0, 0.1) is 46.3 Å². The Morgan fingerprint density at radius 3 is 2.61 bits per heavy atom. The van der Waals surface area contributed by atoms with Gasteiger partial charge < -0.3 is 10.5 Å². The molecule has 0 spiro atoms. The molecule has 4 fully saturated rings. The van der Waals surface area contributed by atoms with E-state index in [0.29, 0.717) is 41.4 Å². The van der Waals surface area contributed by atoms with Crippen molar-refractivity contribution in [2.45, 2.75) is 85.2 Å². The zero-order valence-electron chi connectivity index (χ0n) is 18.2. The van der Waals surface area contributed by atoms with E-state index < -0.39 is 0 Å². The highest BCUT2D eigenvalue weighted by Crippen LogP contribution is 2.66. The van der Waals surface area contributed by atoms with E-state index >= 15 is 0 Å². The molecule has 0 bridgehead atoms. The summed E-state index contributed by atoms with van der Waals surface area (Å²) in [7, 11) is 0. The van der Waals surface area contributed by atoms with E-state index in [1.54, 1.807) is 0 Å². The van der Waals surface area contributed by atoms with E-state index in [0.717, 1.165) is 44.4 Å². The third-order valence-corrected chi connectivity index (χ3v) is 9.73. The molecule has 4 heteroatoms. The minimum atomic E-state index is -0.211. The van der Waals surface area contributed by atoms with E-state index in [9.17, 15) is 9.59 Å². The van der Waals surface area contributed by atoms with Gasteiger partial charge in [0.05, 0.1) is 5.92 Å². The maximum absolute atomic E-state index is 12.6. The number of esters is 1. The quantitative estimate of drug-likeness (QED) is 0.729. The number of hydrogen-bond acceptors (Lipinski definition) is 4. The van der Waals surface area contributed by atoms with Gasteiger partial charge in [-0.15, -0.1) is 0 Å². The summed E-state index contributed by atoms with van der Waals surface area (Å²) in [5.41, 5.74) is 5.92. The molecule has 4 aliphatic carbocycles. The highest BCUT2D eigenvalue weighted by Gasteiger charge is 2.61. The van der Waals surface area contributed by atoms with Crippen molar-refractivity contribution in [3.63, 3.8) is 0 Å². The number of carbonyl (C=O) groups is 2. The smallest absolute Gasteiger partial charge is 0.310 e. The van der Waals surface area contributed by atoms with Gasteiger partial charge in [0, 0.05) is 18.4 Å². The van der Waals surface area contributed by atoms with Gasteiger partial charge in [-0.05, 0) is 80.0 Å². The van der Waals surface area contributed by atoms with Crippen molar-refractivity contribution in [1.82, 2.24) is 0 Å². The van der Waals surface area contributed by atoms with Crippen LogP contribution in [0.15, 0.2) is 0 Å². The van der Waals surface area contributed by atoms with Gasteiger partial charge in [-0.2, -0.15) is 0 Å². The summed E-state index contributed by atoms with van der Waals surface area (Å²) in [6.45, 7) is 9.40. The second kappa shape index (κ2) is 7.11. The number of ketones is 1. The van der Waals surface area contributed by atoms with Crippen molar-refractivity contribution in [2.75, 3.05) is 6.54 Å². The van der Waals surface area contributed by atoms with Crippen molar-refractivity contribution in [3.05, 3.63) is 0 Å². The number of rotatable bonds is 3. The lowest BCUT2D eigenvalue weighted by molar-refractivity contribution is -0.171. The van der Waals surface area contributed by atoms with Gasteiger partial charge in [-0.1, -0.05) is 27.7 Å². The fourth-order valence-corrected chi connectivity index (χ4v) is 7.95. The first-order valence-corrected chi connectivity index (χ1v) is 11.6. The summed E-state index contributed by atoms with van der Waals surface area (Å²) < 4.78 is 5.86. The van der Waals surface area contributed by atoms with Crippen LogP contribution >= 0.6 is 0 Å². The van der Waals surface area contributed by atoms with Crippen LogP contribution in [0.3, 0.4) is 0 Å². The number of nitrogens with two attached hydrogens (primary N) is 1. The Kier molecular flexibility index (Phi) is 5.17. The minimum absolute atomic E-state index is 0.0465. The van der Waals surface area contributed by atoms with Crippen molar-refractivity contribution in [3.8, 4) is 0 Å². The molecule has 4 nitrogen and oxygen atoms in total. The maximum Gasteiger partial charge on any atom is 0.310 e. The molecule has 0 aromatic carbocycles. The summed E-state index contributed by atoms with van der Waals surface area (Å²) in [6, 6.07) is 0. The van der Waals surface area contributed by atoms with Gasteiger partial charge in [0.1, 0.15) is 11.9 Å². The molecule has 0 aromatic heterocycles. The standard InChI is InChI=1S/C24H39NO3/c1-14-11-17-18-5-6-21(26)24(18,4)10-8-19(17)23(3)9-7-16(12-20(14)23)28-22(27)15(2)13-25/h14-20H,5-13,25H2,1-4H3/t14-,15?,16-,17-,18-,19-,20?,23+,24-/m0/s1. The molecule has 0 aromatic rings. The Morgan fingerprint density at radius 1 is 1.14 bits per heavy atom. The molecule has 0 saturated heterocycles. The van der Waals surface area contributed by atoms with Crippen LogP contribution in [0.4, 0.5) is 0 Å². The van der Waals surface area contributed by atoms with E-state index in [2.05, 4.69) is 20.8 Å². The molecule has 4 saturated carbocycles. The maximum atomic E-state index is 12.6. The normalized spacial score (nSPS) is 49.0. The van der Waals surface area contributed by atoms with E-state index in [1.165, 1.54) is 12.8 Å². The van der Waals surface area contributed by atoms with Crippen LogP contribution in [-0.4, -0.2) is 24.4 Å². The average Bonchev–Trinajstić information content (AvgIpc) is 2.97. The summed E-state index contributed by atoms with van der Waals surface area (Å²) >= 11 is 0. The SMILES string of the molecule is CC(CN)C(=O)O[C@H]1CC[C@@]2(C)C(C1)[C@@H](C)C[C@@H]1[C@@H]2CC[C@]2(C)C(=O)CC[C@@H]12. The molecule has 0 aliphatic heterocycles. The number of ether oxygens (including phenoxy) is 1. The van der Waals surface area contributed by atoms with Crippen molar-refractivity contribution < 1.29 is 14.3 Å². The summed E-state index contributed by atoms with van der Waals surface area (Å²) in [5, 5.41) is 0. The van der Waals surface area contributed by atoms with Gasteiger partial charge in [-0.25, -0.2) is 0 Å². The lowest BCUT2D eigenvalue weighted by Crippen LogP contribution is -2.56. The number of fused-ring (bicyclic) bond motifs is 5. The lowest BCUT2D eigenvalue weighted by atomic mass is 9.43. The molecule has 0 heterocycles. The Bertz CT molecular complexity index is 648. The molecule has 0 amide bonds. The Labute approximate surface area is 170 Å². The molecule has 4 aliphatic rings. The van der Waals surface area contributed by atoms with Gasteiger partial charge in [0.2, 0.25) is 0 Å². The topological polar surface area (TPSA) is 69.4 Å². The third kappa shape index (κ3) is 2.97. The second-order valence-electron chi connectivity index (χ2n) is 11.1. The van der Waals surface area contributed by atoms with Crippen LogP contribution in [0.2, 0.25) is 0 Å². The van der Waals surface area contributed by atoms with E-state index in [4.69, 9.17) is 10.5 Å². The van der Waals surface area contributed by atoms with Crippen molar-refractivity contribution in [2.24, 2.45) is 52.1 Å². The van der Waals surface area contributed by atoms with Gasteiger partial charge >= 0.3 is 5.97 Å². The largest absolute Gasteiger partial charge is 0.462 e. The van der Waals surface area contributed by atoms with Crippen LogP contribution < -0.4 is 5.73 Å². The lowest BCUT2D eigenvalue weighted by Gasteiger charge is -2.62. The minimum Gasteiger partial charge on any atom is -0.462 e. The Balaban J connectivity index is 1.51. The summed E-state index contributed by atoms with van der Waals surface area (Å²) in [5.74, 6) is 3.48. The Hall–Kier alpha value is -0.900. The summed E-state index contributed by atoms with van der Waals surface area (Å²) in [6.07, 6.45) is 8.64. The second-order valence-corrected chi connectivity index (χ2v) is 11.1. The highest BCUT2D eigenvalue weighted by molar-refractivity contribution is 5.87. The zero-order chi connectivity index (χ0) is 20.3. The molecular weight excluding hydrogens is 350 g/mol. The monoisotopic (exact) mass is 389 g/mol. The Morgan fingerprint density at radius 2 is 1.89 bits per heavy atom. The molecular formula is C24H39NO3. The molecule has 2 N–H and O–H groups in total. The van der Waals surface area contributed by atoms with E-state index in [1.807, 2.05) is 6.92 Å².